The lowest BCUT2D eigenvalue weighted by molar-refractivity contribution is -0.709. The van der Waals surface area contributed by atoms with Crippen LogP contribution in [0.2, 0.25) is 0 Å². The Hall–Kier alpha value is -1.84. The maximum atomic E-state index is 10.3. The zero-order chi connectivity index (χ0) is 15.2. The molecule has 112 valence electrons. The fourth-order valence-corrected chi connectivity index (χ4v) is 2.33. The molecule has 2 atom stereocenters. The zero-order valence-corrected chi connectivity index (χ0v) is 13.0. The molecule has 0 saturated heterocycles. The van der Waals surface area contributed by atoms with E-state index in [0.717, 1.165) is 12.1 Å². The van der Waals surface area contributed by atoms with Crippen molar-refractivity contribution >= 4 is 5.69 Å². The smallest absolute Gasteiger partial charge is 0.130 e. The first-order valence-corrected chi connectivity index (χ1v) is 7.40. The lowest BCUT2D eigenvalue weighted by Gasteiger charge is -2.18. The van der Waals surface area contributed by atoms with Crippen molar-refractivity contribution in [3.05, 3.63) is 65.7 Å². The van der Waals surface area contributed by atoms with Crippen molar-refractivity contribution in [1.82, 2.24) is 0 Å². The monoisotopic (exact) mass is 285 g/mol. The minimum Gasteiger partial charge on any atom is -0.382 e. The molecule has 0 aliphatic carbocycles. The molecule has 0 amide bonds. The van der Waals surface area contributed by atoms with Crippen LogP contribution in [0.4, 0.5) is 5.69 Å². The molecular weight excluding hydrogens is 260 g/mol. The Kier molecular flexibility index (Phi) is 5.37. The molecule has 0 aliphatic heterocycles. The Morgan fingerprint density at radius 2 is 1.62 bits per heavy atom. The van der Waals surface area contributed by atoms with Gasteiger partial charge >= 0.3 is 0 Å². The minimum absolute atomic E-state index is 0.126. The number of anilines is 1. The maximum Gasteiger partial charge on any atom is 0.130 e. The molecule has 0 aliphatic rings. The van der Waals surface area contributed by atoms with E-state index in [9.17, 15) is 5.11 Å². The number of nitrogens with zero attached hydrogens (tertiary/aromatic N) is 1. The van der Waals surface area contributed by atoms with Gasteiger partial charge in [0.1, 0.15) is 18.7 Å². The van der Waals surface area contributed by atoms with Gasteiger partial charge in [0.15, 0.2) is 0 Å². The van der Waals surface area contributed by atoms with Gasteiger partial charge in [0, 0.05) is 25.3 Å². The van der Waals surface area contributed by atoms with Gasteiger partial charge in [0.2, 0.25) is 0 Å². The van der Waals surface area contributed by atoms with E-state index in [-0.39, 0.29) is 6.04 Å². The van der Waals surface area contributed by atoms with Crippen molar-refractivity contribution in [3.8, 4) is 0 Å². The molecule has 3 nitrogen and oxygen atoms in total. The van der Waals surface area contributed by atoms with Gasteiger partial charge in [-0.3, -0.25) is 0 Å². The molecule has 2 aromatic carbocycles. The Bertz CT molecular complexity index is 537. The average Bonchev–Trinajstić information content (AvgIpc) is 2.53. The van der Waals surface area contributed by atoms with Gasteiger partial charge in [0.25, 0.3) is 0 Å². The number of hydrogen-bond acceptors (Lipinski definition) is 2. The summed E-state index contributed by atoms with van der Waals surface area (Å²) in [7, 11) is 4.08. The van der Waals surface area contributed by atoms with Gasteiger partial charge in [-0.2, -0.15) is 0 Å². The van der Waals surface area contributed by atoms with Gasteiger partial charge in [-0.05, 0) is 24.6 Å². The summed E-state index contributed by atoms with van der Waals surface area (Å²) < 4.78 is 0. The predicted molar refractivity (Wildman–Crippen MR) is 87.3 cm³/mol. The van der Waals surface area contributed by atoms with Gasteiger partial charge in [-0.25, -0.2) is 0 Å². The summed E-state index contributed by atoms with van der Waals surface area (Å²) in [6, 6.07) is 18.5. The highest BCUT2D eigenvalue weighted by atomic mass is 16.3. The first-order chi connectivity index (χ1) is 10.1. The molecular formula is C18H25N2O+. The number of hydrogen-bond donors (Lipinski definition) is 2. The van der Waals surface area contributed by atoms with E-state index >= 15 is 0 Å². The molecule has 0 fully saturated rings. The minimum atomic E-state index is -0.438. The zero-order valence-electron chi connectivity index (χ0n) is 13.0. The Labute approximate surface area is 127 Å². The standard InChI is InChI=1S/C18H24N2O/c1-14(18(21)16-7-5-4-6-8-16)19-13-15-9-11-17(12-10-15)20(2)3/h4-12,14,18-19,21H,13H2,1-3H3/p+1/t14-,18-/m0/s1. The third-order valence-corrected chi connectivity index (χ3v) is 3.82. The first kappa shape index (κ1) is 15.5. The van der Waals surface area contributed by atoms with Crippen LogP contribution in [0.25, 0.3) is 0 Å². The summed E-state index contributed by atoms with van der Waals surface area (Å²) in [5, 5.41) is 12.5. The molecule has 2 rings (SSSR count). The molecule has 3 heteroatoms. The molecule has 2 aromatic rings. The molecule has 0 heterocycles. The van der Waals surface area contributed by atoms with Crippen molar-refractivity contribution in [2.24, 2.45) is 0 Å². The van der Waals surface area contributed by atoms with Crippen molar-refractivity contribution in [2.45, 2.75) is 25.6 Å². The summed E-state index contributed by atoms with van der Waals surface area (Å²) in [5.74, 6) is 0. The summed E-state index contributed by atoms with van der Waals surface area (Å²) in [6.45, 7) is 2.94. The van der Waals surface area contributed by atoms with Gasteiger partial charge in [-0.15, -0.1) is 0 Å². The summed E-state index contributed by atoms with van der Waals surface area (Å²) in [4.78, 5) is 2.09. The van der Waals surface area contributed by atoms with E-state index in [1.54, 1.807) is 0 Å². The number of rotatable bonds is 6. The number of quaternary nitrogens is 1. The van der Waals surface area contributed by atoms with E-state index in [0.29, 0.717) is 0 Å². The van der Waals surface area contributed by atoms with Crippen molar-refractivity contribution in [1.29, 1.82) is 0 Å². The summed E-state index contributed by atoms with van der Waals surface area (Å²) >= 11 is 0. The van der Waals surface area contributed by atoms with Crippen LogP contribution in [0.15, 0.2) is 54.6 Å². The molecule has 0 spiro atoms. The molecule has 0 saturated carbocycles. The van der Waals surface area contributed by atoms with E-state index in [2.05, 4.69) is 41.4 Å². The van der Waals surface area contributed by atoms with Crippen LogP contribution in [0.3, 0.4) is 0 Å². The van der Waals surface area contributed by atoms with Crippen LogP contribution in [0.5, 0.6) is 0 Å². The van der Waals surface area contributed by atoms with Crippen LogP contribution < -0.4 is 10.2 Å². The van der Waals surface area contributed by atoms with E-state index < -0.39 is 6.10 Å². The Balaban J connectivity index is 1.90. The quantitative estimate of drug-likeness (QED) is 0.851. The SMILES string of the molecule is C[C@H]([NH2+]Cc1ccc(N(C)C)cc1)[C@H](O)c1ccccc1. The fourth-order valence-electron chi connectivity index (χ4n) is 2.33. The highest BCUT2D eigenvalue weighted by Gasteiger charge is 2.18. The number of aliphatic hydroxyl groups excluding tert-OH is 1. The van der Waals surface area contributed by atoms with Gasteiger partial charge < -0.3 is 15.3 Å². The van der Waals surface area contributed by atoms with E-state index in [1.807, 2.05) is 44.4 Å². The van der Waals surface area contributed by atoms with Crippen LogP contribution in [-0.2, 0) is 6.54 Å². The summed E-state index contributed by atoms with van der Waals surface area (Å²) in [6.07, 6.45) is -0.438. The molecule has 0 unspecified atom stereocenters. The lowest BCUT2D eigenvalue weighted by Crippen LogP contribution is -2.88. The molecule has 21 heavy (non-hydrogen) atoms. The Morgan fingerprint density at radius 3 is 2.19 bits per heavy atom. The molecule has 3 N–H and O–H groups in total. The van der Waals surface area contributed by atoms with Crippen molar-refractivity contribution in [2.75, 3.05) is 19.0 Å². The second-order valence-electron chi connectivity index (χ2n) is 5.72. The number of aliphatic hydroxyl groups is 1. The second kappa shape index (κ2) is 7.25. The van der Waals surface area contributed by atoms with Crippen LogP contribution in [0, 0.1) is 0 Å². The van der Waals surface area contributed by atoms with Crippen LogP contribution >= 0.6 is 0 Å². The van der Waals surface area contributed by atoms with Gasteiger partial charge in [0.05, 0.1) is 0 Å². The average molecular weight is 285 g/mol. The third-order valence-electron chi connectivity index (χ3n) is 3.82. The second-order valence-corrected chi connectivity index (χ2v) is 5.72. The van der Waals surface area contributed by atoms with Crippen molar-refractivity contribution < 1.29 is 10.4 Å². The topological polar surface area (TPSA) is 40.1 Å². The number of nitrogens with two attached hydrogens (primary N) is 1. The van der Waals surface area contributed by atoms with Gasteiger partial charge in [-0.1, -0.05) is 42.5 Å². The van der Waals surface area contributed by atoms with Crippen LogP contribution in [0.1, 0.15) is 24.2 Å². The fraction of sp³-hybridized carbons (Fsp3) is 0.333. The lowest BCUT2D eigenvalue weighted by atomic mass is 10.0. The first-order valence-electron chi connectivity index (χ1n) is 7.40. The van der Waals surface area contributed by atoms with Crippen molar-refractivity contribution in [3.63, 3.8) is 0 Å². The number of benzene rings is 2. The Morgan fingerprint density at radius 1 is 1.00 bits per heavy atom. The third kappa shape index (κ3) is 4.31. The molecule has 0 aromatic heterocycles. The largest absolute Gasteiger partial charge is 0.382 e. The predicted octanol–water partition coefficient (Wildman–Crippen LogP) is 1.94. The molecule has 0 radical (unpaired) electrons. The van der Waals surface area contributed by atoms with E-state index in [4.69, 9.17) is 0 Å². The highest BCUT2D eigenvalue weighted by Crippen LogP contribution is 2.14. The maximum absolute atomic E-state index is 10.3. The van der Waals surface area contributed by atoms with E-state index in [1.165, 1.54) is 11.3 Å². The summed E-state index contributed by atoms with van der Waals surface area (Å²) in [5.41, 5.74) is 3.45. The van der Waals surface area contributed by atoms with Crippen LogP contribution in [-0.4, -0.2) is 25.2 Å². The molecule has 0 bridgehead atoms. The normalized spacial score (nSPS) is 13.7. The highest BCUT2D eigenvalue weighted by molar-refractivity contribution is 5.45.